The Balaban J connectivity index is 2.22. The fourth-order valence-electron chi connectivity index (χ4n) is 3.32. The van der Waals surface area contributed by atoms with E-state index in [0.717, 1.165) is 5.56 Å². The number of carbonyl (C=O) groups is 2. The minimum absolute atomic E-state index is 0.00523. The lowest BCUT2D eigenvalue weighted by molar-refractivity contribution is 0.0695. The molecule has 1 atom stereocenters. The third-order valence-corrected chi connectivity index (χ3v) is 6.99. The maximum Gasteiger partial charge on any atom is 0.337 e. The number of ether oxygens (including phenoxy) is 2. The Morgan fingerprint density at radius 3 is 2.16 bits per heavy atom. The van der Waals surface area contributed by atoms with Crippen LogP contribution in [0.4, 0.5) is 0 Å². The van der Waals surface area contributed by atoms with Crippen LogP contribution >= 0.6 is 0 Å². The maximum atomic E-state index is 13.7. The van der Waals surface area contributed by atoms with Gasteiger partial charge in [-0.25, -0.2) is 13.2 Å². The number of hydrogen-bond donors (Lipinski definition) is 1. The van der Waals surface area contributed by atoms with Crippen LogP contribution in [0.5, 0.6) is 5.75 Å². The first-order chi connectivity index (χ1) is 15.2. The molecule has 2 aromatic carbocycles. The molecule has 1 unspecified atom stereocenters. The Bertz CT molecular complexity index is 1230. The highest BCUT2D eigenvalue weighted by Crippen LogP contribution is 2.34. The second kappa shape index (κ2) is 9.37. The summed E-state index contributed by atoms with van der Waals surface area (Å²) in [5.41, 5.74) is 0.862. The van der Waals surface area contributed by atoms with E-state index in [2.05, 4.69) is 0 Å². The zero-order valence-electron chi connectivity index (χ0n) is 17.8. The van der Waals surface area contributed by atoms with Crippen LogP contribution in [-0.2, 0) is 21.3 Å². The van der Waals surface area contributed by atoms with Gasteiger partial charge < -0.3 is 19.1 Å². The van der Waals surface area contributed by atoms with E-state index in [-0.39, 0.29) is 28.4 Å². The Morgan fingerprint density at radius 1 is 1.00 bits per heavy atom. The first-order valence-corrected chi connectivity index (χ1v) is 11.1. The number of Topliss-reactive ketones (excluding diaryl/α,β-unsaturated/α-hetero) is 1. The van der Waals surface area contributed by atoms with Gasteiger partial charge in [0.15, 0.2) is 20.9 Å². The molecular formula is C23H23NO7S. The standard InChI is InChI=1S/C23H23NO7S/c1-15-4-10-19(11-5-15)32(28,29)22(21(25)16-6-8-18(31-3)9-7-16)20-12-17(23(26)27)13-24(20)14-30-2/h4-13,22H,14H2,1-3H3,(H,26,27). The normalized spacial score (nSPS) is 12.3. The smallest absolute Gasteiger partial charge is 0.337 e. The summed E-state index contributed by atoms with van der Waals surface area (Å²) >= 11 is 0. The monoisotopic (exact) mass is 457 g/mol. The zero-order chi connectivity index (χ0) is 23.5. The fraction of sp³-hybridized carbons (Fsp3) is 0.217. The van der Waals surface area contributed by atoms with Gasteiger partial charge >= 0.3 is 5.97 Å². The van der Waals surface area contributed by atoms with Crippen molar-refractivity contribution >= 4 is 21.6 Å². The molecule has 0 radical (unpaired) electrons. The van der Waals surface area contributed by atoms with E-state index in [1.54, 1.807) is 24.3 Å². The van der Waals surface area contributed by atoms with Crippen molar-refractivity contribution in [1.29, 1.82) is 0 Å². The number of hydrogen-bond acceptors (Lipinski definition) is 6. The van der Waals surface area contributed by atoms with Crippen LogP contribution in [0.1, 0.15) is 37.2 Å². The highest BCUT2D eigenvalue weighted by atomic mass is 32.2. The van der Waals surface area contributed by atoms with Gasteiger partial charge in [-0.2, -0.15) is 0 Å². The number of methoxy groups -OCH3 is 2. The number of carbonyl (C=O) groups excluding carboxylic acids is 1. The van der Waals surface area contributed by atoms with Gasteiger partial charge in [-0.1, -0.05) is 17.7 Å². The van der Waals surface area contributed by atoms with E-state index in [4.69, 9.17) is 9.47 Å². The number of rotatable bonds is 9. The third kappa shape index (κ3) is 4.58. The second-order valence-corrected chi connectivity index (χ2v) is 9.21. The Labute approximate surface area is 185 Å². The Kier molecular flexibility index (Phi) is 6.81. The number of aromatic nitrogens is 1. The van der Waals surface area contributed by atoms with Gasteiger partial charge in [-0.15, -0.1) is 0 Å². The van der Waals surface area contributed by atoms with Crippen molar-refractivity contribution in [3.63, 3.8) is 0 Å². The lowest BCUT2D eigenvalue weighted by Crippen LogP contribution is -2.25. The summed E-state index contributed by atoms with van der Waals surface area (Å²) in [6.07, 6.45) is 1.25. The van der Waals surface area contributed by atoms with Gasteiger partial charge in [-0.05, 0) is 49.4 Å². The number of aromatic carboxylic acids is 1. The molecule has 3 rings (SSSR count). The lowest BCUT2D eigenvalue weighted by atomic mass is 10.1. The highest BCUT2D eigenvalue weighted by molar-refractivity contribution is 7.92. The minimum atomic E-state index is -4.24. The topological polar surface area (TPSA) is 112 Å². The van der Waals surface area contributed by atoms with Crippen molar-refractivity contribution in [3.05, 3.63) is 83.2 Å². The van der Waals surface area contributed by atoms with E-state index < -0.39 is 26.8 Å². The maximum absolute atomic E-state index is 13.7. The van der Waals surface area contributed by atoms with Crippen molar-refractivity contribution in [3.8, 4) is 5.75 Å². The van der Waals surface area contributed by atoms with E-state index in [0.29, 0.717) is 5.75 Å². The molecule has 0 saturated carbocycles. The van der Waals surface area contributed by atoms with Gasteiger partial charge in [0.25, 0.3) is 0 Å². The molecule has 0 aliphatic heterocycles. The molecule has 168 valence electrons. The third-order valence-electron chi connectivity index (χ3n) is 4.99. The average molecular weight is 458 g/mol. The predicted molar refractivity (Wildman–Crippen MR) is 117 cm³/mol. The molecule has 1 aromatic heterocycles. The summed E-state index contributed by atoms with van der Waals surface area (Å²) in [6, 6.07) is 13.4. The first kappa shape index (κ1) is 23.2. The van der Waals surface area contributed by atoms with Gasteiger partial charge in [-0.3, -0.25) is 4.79 Å². The molecule has 9 heteroatoms. The lowest BCUT2D eigenvalue weighted by Gasteiger charge is -2.19. The van der Waals surface area contributed by atoms with Crippen LogP contribution in [0.3, 0.4) is 0 Å². The number of benzene rings is 2. The number of nitrogens with zero attached hydrogens (tertiary/aromatic N) is 1. The molecule has 1 heterocycles. The van der Waals surface area contributed by atoms with Crippen molar-refractivity contribution < 1.29 is 32.6 Å². The van der Waals surface area contributed by atoms with E-state index in [1.807, 2.05) is 6.92 Å². The Morgan fingerprint density at radius 2 is 1.62 bits per heavy atom. The highest BCUT2D eigenvalue weighted by Gasteiger charge is 2.39. The zero-order valence-corrected chi connectivity index (χ0v) is 18.6. The molecule has 32 heavy (non-hydrogen) atoms. The van der Waals surface area contributed by atoms with Crippen molar-refractivity contribution in [2.24, 2.45) is 0 Å². The molecule has 0 bridgehead atoms. The van der Waals surface area contributed by atoms with Crippen molar-refractivity contribution in [2.45, 2.75) is 23.8 Å². The second-order valence-electron chi connectivity index (χ2n) is 7.18. The molecule has 3 aromatic rings. The van der Waals surface area contributed by atoms with Crippen LogP contribution in [0.2, 0.25) is 0 Å². The SMILES string of the molecule is COCn1cc(C(=O)O)cc1C(C(=O)c1ccc(OC)cc1)S(=O)(=O)c1ccc(C)cc1. The molecule has 0 aliphatic rings. The molecule has 0 saturated heterocycles. The summed E-state index contributed by atoms with van der Waals surface area (Å²) in [7, 11) is -1.37. The predicted octanol–water partition coefficient (Wildman–Crippen LogP) is 3.51. The summed E-state index contributed by atoms with van der Waals surface area (Å²) in [6.45, 7) is 1.69. The molecule has 0 amide bonds. The van der Waals surface area contributed by atoms with Crippen LogP contribution in [0.15, 0.2) is 65.7 Å². The molecule has 1 N–H and O–H groups in total. The molecule has 8 nitrogen and oxygen atoms in total. The van der Waals surface area contributed by atoms with Crippen LogP contribution in [-0.4, -0.2) is 44.1 Å². The van der Waals surface area contributed by atoms with Gasteiger partial charge in [0.1, 0.15) is 12.5 Å². The summed E-state index contributed by atoms with van der Waals surface area (Å²) in [5, 5.41) is 7.76. The van der Waals surface area contributed by atoms with E-state index >= 15 is 0 Å². The van der Waals surface area contributed by atoms with Crippen molar-refractivity contribution in [1.82, 2.24) is 4.57 Å². The molecule has 0 fully saturated rings. The van der Waals surface area contributed by atoms with E-state index in [9.17, 15) is 23.1 Å². The first-order valence-electron chi connectivity index (χ1n) is 9.60. The summed E-state index contributed by atoms with van der Waals surface area (Å²) in [4.78, 5) is 25.1. The quantitative estimate of drug-likeness (QED) is 0.489. The van der Waals surface area contributed by atoms with Crippen molar-refractivity contribution in [2.75, 3.05) is 14.2 Å². The van der Waals surface area contributed by atoms with Gasteiger partial charge in [0, 0.05) is 24.6 Å². The van der Waals surface area contributed by atoms with Crippen LogP contribution < -0.4 is 4.74 Å². The molecular weight excluding hydrogens is 434 g/mol. The van der Waals surface area contributed by atoms with Crippen LogP contribution in [0.25, 0.3) is 0 Å². The average Bonchev–Trinajstić information content (AvgIpc) is 3.18. The van der Waals surface area contributed by atoms with E-state index in [1.165, 1.54) is 55.3 Å². The minimum Gasteiger partial charge on any atom is -0.497 e. The molecule has 0 spiro atoms. The summed E-state index contributed by atoms with van der Waals surface area (Å²) in [5.74, 6) is -1.43. The molecule has 0 aliphatic carbocycles. The fourth-order valence-corrected chi connectivity index (χ4v) is 5.05. The van der Waals surface area contributed by atoms with Gasteiger partial charge in [0.2, 0.25) is 0 Å². The number of aryl methyl sites for hydroxylation is 1. The number of ketones is 1. The van der Waals surface area contributed by atoms with Gasteiger partial charge in [0.05, 0.1) is 17.6 Å². The number of carboxylic acids is 1. The largest absolute Gasteiger partial charge is 0.497 e. The number of carboxylic acid groups (broad SMARTS) is 1. The number of sulfone groups is 1. The Hall–Kier alpha value is -3.43. The summed E-state index contributed by atoms with van der Waals surface area (Å²) < 4.78 is 38.9. The van der Waals surface area contributed by atoms with Crippen LogP contribution in [0, 0.1) is 6.92 Å².